The van der Waals surface area contributed by atoms with Crippen molar-refractivity contribution in [2.75, 3.05) is 18.1 Å². The first-order valence-corrected chi connectivity index (χ1v) is 2.64. The third-order valence-corrected chi connectivity index (χ3v) is 0.965. The first kappa shape index (κ1) is 6.53. The fraction of sp³-hybridized carbons (Fsp3) is 0.250. The summed E-state index contributed by atoms with van der Waals surface area (Å²) in [6.07, 6.45) is 0. The van der Waals surface area contributed by atoms with Gasteiger partial charge in [-0.25, -0.2) is 9.89 Å². The number of hydrogen-bond acceptors (Lipinski definition) is 5. The molecule has 54 valence electrons. The Bertz CT molecular complexity index is 279. The van der Waals surface area contributed by atoms with Crippen molar-refractivity contribution in [3.8, 4) is 0 Å². The van der Waals surface area contributed by atoms with E-state index >= 15 is 0 Å². The van der Waals surface area contributed by atoms with Crippen LogP contribution in [0.5, 0.6) is 0 Å². The molecule has 0 atom stereocenters. The third-order valence-electron chi connectivity index (χ3n) is 0.965. The van der Waals surface area contributed by atoms with E-state index in [1.165, 1.54) is 0 Å². The molecule has 0 saturated heterocycles. The molecular formula is C4H7N5O. The van der Waals surface area contributed by atoms with E-state index in [-0.39, 0.29) is 5.82 Å². The van der Waals surface area contributed by atoms with Crippen LogP contribution in [0.4, 0.5) is 11.6 Å². The molecule has 0 bridgehead atoms. The zero-order chi connectivity index (χ0) is 7.56. The molecule has 1 heterocycles. The van der Waals surface area contributed by atoms with E-state index in [0.717, 1.165) is 0 Å². The molecule has 0 aliphatic heterocycles. The van der Waals surface area contributed by atoms with Crippen LogP contribution in [-0.2, 0) is 0 Å². The van der Waals surface area contributed by atoms with E-state index < -0.39 is 5.69 Å². The van der Waals surface area contributed by atoms with Crippen molar-refractivity contribution in [1.29, 1.82) is 0 Å². The van der Waals surface area contributed by atoms with E-state index in [1.807, 2.05) is 0 Å². The SMILES string of the molecule is CNc1nc(=O)[nH]nc1N. The molecule has 10 heavy (non-hydrogen) atoms. The van der Waals surface area contributed by atoms with Gasteiger partial charge >= 0.3 is 5.69 Å². The zero-order valence-electron chi connectivity index (χ0n) is 5.38. The number of anilines is 2. The molecule has 0 fully saturated rings. The fourth-order valence-electron chi connectivity index (χ4n) is 0.529. The van der Waals surface area contributed by atoms with E-state index in [2.05, 4.69) is 20.5 Å². The van der Waals surface area contributed by atoms with Gasteiger partial charge in [0.15, 0.2) is 11.6 Å². The lowest BCUT2D eigenvalue weighted by Gasteiger charge is -1.97. The topological polar surface area (TPSA) is 96.7 Å². The van der Waals surface area contributed by atoms with Crippen molar-refractivity contribution in [2.45, 2.75) is 0 Å². The molecule has 0 aliphatic carbocycles. The Kier molecular flexibility index (Phi) is 1.53. The Labute approximate surface area is 56.5 Å². The molecule has 0 amide bonds. The molecular weight excluding hydrogens is 134 g/mol. The summed E-state index contributed by atoms with van der Waals surface area (Å²) < 4.78 is 0. The van der Waals surface area contributed by atoms with Crippen LogP contribution in [0.1, 0.15) is 0 Å². The molecule has 0 aliphatic rings. The van der Waals surface area contributed by atoms with Crippen molar-refractivity contribution >= 4 is 11.6 Å². The van der Waals surface area contributed by atoms with E-state index in [9.17, 15) is 4.79 Å². The number of hydrogen-bond donors (Lipinski definition) is 3. The average Bonchev–Trinajstić information content (AvgIpc) is 1.94. The second-order valence-corrected chi connectivity index (χ2v) is 1.62. The summed E-state index contributed by atoms with van der Waals surface area (Å²) in [6, 6.07) is 0. The van der Waals surface area contributed by atoms with Crippen LogP contribution in [0.15, 0.2) is 4.79 Å². The standard InChI is InChI=1S/C4H7N5O/c1-6-3-2(5)8-9-4(10)7-3/h1H3,(H2,5,8)(H2,6,7,9,10). The van der Waals surface area contributed by atoms with Crippen LogP contribution >= 0.6 is 0 Å². The minimum absolute atomic E-state index is 0.183. The molecule has 1 aromatic heterocycles. The normalized spacial score (nSPS) is 9.30. The molecule has 1 aromatic rings. The maximum Gasteiger partial charge on any atom is 0.363 e. The number of nitrogens with two attached hydrogens (primary N) is 1. The Morgan fingerprint density at radius 1 is 1.70 bits per heavy atom. The predicted octanol–water partition coefficient (Wildman–Crippen LogP) is -1.21. The van der Waals surface area contributed by atoms with Gasteiger partial charge in [0.05, 0.1) is 0 Å². The van der Waals surface area contributed by atoms with Gasteiger partial charge in [-0.2, -0.15) is 4.98 Å². The third kappa shape index (κ3) is 1.04. The Morgan fingerprint density at radius 2 is 2.40 bits per heavy atom. The van der Waals surface area contributed by atoms with Crippen molar-refractivity contribution in [3.63, 3.8) is 0 Å². The highest BCUT2D eigenvalue weighted by molar-refractivity contribution is 5.53. The first-order chi connectivity index (χ1) is 4.74. The molecule has 6 heteroatoms. The van der Waals surface area contributed by atoms with Gasteiger partial charge in [-0.3, -0.25) is 0 Å². The summed E-state index contributed by atoms with van der Waals surface area (Å²) in [6.45, 7) is 0. The monoisotopic (exact) mass is 141 g/mol. The second-order valence-electron chi connectivity index (χ2n) is 1.62. The van der Waals surface area contributed by atoms with Crippen LogP contribution in [0.3, 0.4) is 0 Å². The zero-order valence-corrected chi connectivity index (χ0v) is 5.38. The number of aromatic amines is 1. The smallest absolute Gasteiger partial charge is 0.363 e. The molecule has 1 rings (SSSR count). The minimum atomic E-state index is -0.515. The highest BCUT2D eigenvalue weighted by Gasteiger charge is 1.97. The van der Waals surface area contributed by atoms with Gasteiger partial charge in [-0.1, -0.05) is 0 Å². The van der Waals surface area contributed by atoms with Gasteiger partial charge in [-0.15, -0.1) is 5.10 Å². The quantitative estimate of drug-likeness (QED) is 0.456. The summed E-state index contributed by atoms with van der Waals surface area (Å²) in [5.41, 5.74) is 4.78. The molecule has 0 aromatic carbocycles. The summed E-state index contributed by atoms with van der Waals surface area (Å²) >= 11 is 0. The summed E-state index contributed by atoms with van der Waals surface area (Å²) in [5.74, 6) is 0.478. The fourth-order valence-corrected chi connectivity index (χ4v) is 0.529. The maximum absolute atomic E-state index is 10.5. The molecule has 0 saturated carbocycles. The Morgan fingerprint density at radius 3 is 2.90 bits per heavy atom. The van der Waals surface area contributed by atoms with Crippen molar-refractivity contribution in [1.82, 2.24) is 15.2 Å². The summed E-state index contributed by atoms with van der Waals surface area (Å²) in [7, 11) is 1.61. The average molecular weight is 141 g/mol. The van der Waals surface area contributed by atoms with Crippen molar-refractivity contribution in [3.05, 3.63) is 10.5 Å². The van der Waals surface area contributed by atoms with E-state index in [4.69, 9.17) is 5.73 Å². The molecule has 6 nitrogen and oxygen atoms in total. The van der Waals surface area contributed by atoms with E-state index in [0.29, 0.717) is 5.82 Å². The lowest BCUT2D eigenvalue weighted by atomic mass is 10.6. The lowest BCUT2D eigenvalue weighted by Crippen LogP contribution is -2.16. The molecule has 0 unspecified atom stereocenters. The summed E-state index contributed by atoms with van der Waals surface area (Å²) in [4.78, 5) is 14.0. The second kappa shape index (κ2) is 2.34. The Balaban J connectivity index is 3.22. The van der Waals surface area contributed by atoms with Gasteiger partial charge in [0.25, 0.3) is 0 Å². The number of H-pyrrole nitrogens is 1. The number of aromatic nitrogens is 3. The highest BCUT2D eigenvalue weighted by Crippen LogP contribution is 2.03. The van der Waals surface area contributed by atoms with Crippen LogP contribution in [0.25, 0.3) is 0 Å². The van der Waals surface area contributed by atoms with Crippen LogP contribution < -0.4 is 16.7 Å². The number of rotatable bonds is 1. The van der Waals surface area contributed by atoms with Crippen LogP contribution in [0.2, 0.25) is 0 Å². The largest absolute Gasteiger partial charge is 0.379 e. The van der Waals surface area contributed by atoms with Crippen molar-refractivity contribution < 1.29 is 0 Å². The predicted molar refractivity (Wildman–Crippen MR) is 36.6 cm³/mol. The molecule has 4 N–H and O–H groups in total. The van der Waals surface area contributed by atoms with Gasteiger partial charge in [0.1, 0.15) is 0 Å². The lowest BCUT2D eigenvalue weighted by molar-refractivity contribution is 0.926. The van der Waals surface area contributed by atoms with E-state index in [1.54, 1.807) is 7.05 Å². The number of nitrogens with zero attached hydrogens (tertiary/aromatic N) is 2. The van der Waals surface area contributed by atoms with Gasteiger partial charge in [0, 0.05) is 7.05 Å². The molecule has 0 radical (unpaired) electrons. The first-order valence-electron chi connectivity index (χ1n) is 2.64. The minimum Gasteiger partial charge on any atom is -0.379 e. The van der Waals surface area contributed by atoms with Gasteiger partial charge in [0.2, 0.25) is 0 Å². The summed E-state index contributed by atoms with van der Waals surface area (Å²) in [5, 5.41) is 8.17. The van der Waals surface area contributed by atoms with Crippen molar-refractivity contribution in [2.24, 2.45) is 0 Å². The number of nitrogen functional groups attached to an aromatic ring is 1. The maximum atomic E-state index is 10.5. The highest BCUT2D eigenvalue weighted by atomic mass is 16.1. The van der Waals surface area contributed by atoms with Gasteiger partial charge < -0.3 is 11.1 Å². The van der Waals surface area contributed by atoms with Crippen LogP contribution in [-0.4, -0.2) is 22.2 Å². The van der Waals surface area contributed by atoms with Gasteiger partial charge in [-0.05, 0) is 0 Å². The molecule has 0 spiro atoms. The van der Waals surface area contributed by atoms with Crippen LogP contribution in [0, 0.1) is 0 Å². The number of nitrogens with one attached hydrogen (secondary N) is 2. The Hall–Kier alpha value is -1.59.